The number of rotatable bonds is 8. The number of imide groups is 1. The summed E-state index contributed by atoms with van der Waals surface area (Å²) in [5.74, 6) is -0.108. The molecule has 0 aliphatic carbocycles. The van der Waals surface area contributed by atoms with E-state index in [4.69, 9.17) is 21.1 Å². The molecule has 1 fully saturated rings. The second kappa shape index (κ2) is 10.8. The van der Waals surface area contributed by atoms with Crippen molar-refractivity contribution in [2.45, 2.75) is 27.7 Å². The van der Waals surface area contributed by atoms with Crippen molar-refractivity contribution < 1.29 is 23.9 Å². The number of ether oxygens (including phenoxy) is 2. The molecule has 33 heavy (non-hydrogen) atoms. The quantitative estimate of drug-likeness (QED) is 0.499. The molecule has 0 radical (unpaired) electrons. The summed E-state index contributed by atoms with van der Waals surface area (Å²) in [5, 5.41) is 2.62. The number of hydrogen-bond donors (Lipinski definition) is 1. The first-order valence-electron chi connectivity index (χ1n) is 10.5. The van der Waals surface area contributed by atoms with Crippen LogP contribution in [0.15, 0.2) is 35.2 Å². The van der Waals surface area contributed by atoms with E-state index in [-0.39, 0.29) is 11.4 Å². The molecule has 7 nitrogen and oxygen atoms in total. The Hall–Kier alpha value is -2.97. The first-order chi connectivity index (χ1) is 15.7. The van der Waals surface area contributed by atoms with Gasteiger partial charge in [0, 0.05) is 5.69 Å². The summed E-state index contributed by atoms with van der Waals surface area (Å²) in [6.07, 6.45) is 1.55. The smallest absolute Gasteiger partial charge is 0.294 e. The van der Waals surface area contributed by atoms with Gasteiger partial charge in [-0.3, -0.25) is 19.3 Å². The molecule has 3 amide bonds. The zero-order valence-corrected chi connectivity index (χ0v) is 20.4. The molecule has 174 valence electrons. The lowest BCUT2D eigenvalue weighted by atomic mass is 10.1. The third-order valence-electron chi connectivity index (χ3n) is 4.84. The van der Waals surface area contributed by atoms with Crippen LogP contribution in [-0.2, 0) is 9.59 Å². The lowest BCUT2D eigenvalue weighted by Crippen LogP contribution is -2.36. The van der Waals surface area contributed by atoms with Gasteiger partial charge in [0.1, 0.15) is 6.54 Å². The van der Waals surface area contributed by atoms with E-state index >= 15 is 0 Å². The van der Waals surface area contributed by atoms with Crippen molar-refractivity contribution in [3.63, 3.8) is 0 Å². The Morgan fingerprint density at radius 1 is 1.12 bits per heavy atom. The van der Waals surface area contributed by atoms with Crippen molar-refractivity contribution in [3.05, 3.63) is 56.9 Å². The van der Waals surface area contributed by atoms with Crippen LogP contribution in [-0.4, -0.2) is 41.7 Å². The van der Waals surface area contributed by atoms with Crippen LogP contribution in [0.3, 0.4) is 0 Å². The van der Waals surface area contributed by atoms with Gasteiger partial charge in [-0.1, -0.05) is 29.8 Å². The molecule has 9 heteroatoms. The van der Waals surface area contributed by atoms with Crippen LogP contribution < -0.4 is 14.8 Å². The zero-order chi connectivity index (χ0) is 24.1. The highest BCUT2D eigenvalue weighted by Crippen LogP contribution is 2.39. The molecule has 0 unspecified atom stereocenters. The molecular weight excluding hydrogens is 464 g/mol. The number of thioether (sulfide) groups is 1. The fraction of sp³-hybridized carbons (Fsp3) is 0.292. The first kappa shape index (κ1) is 24.7. The summed E-state index contributed by atoms with van der Waals surface area (Å²) in [6.45, 7) is 7.89. The molecule has 1 heterocycles. The number of nitrogens with zero attached hydrogens (tertiary/aromatic N) is 1. The standard InChI is InChI=1S/C24H25ClN2O5S/c1-5-31-18-11-16(10-17(25)22(18)32-6-2)12-19-23(29)27(24(30)33-19)13-20(28)26-21-14(3)8-7-9-15(21)4/h7-12H,5-6,13H2,1-4H3,(H,26,28)/b19-12+. The van der Waals surface area contributed by atoms with Crippen LogP contribution in [0.5, 0.6) is 11.5 Å². The maximum atomic E-state index is 12.9. The normalized spacial score (nSPS) is 14.7. The minimum atomic E-state index is -0.537. The number of para-hydroxylation sites is 1. The average molecular weight is 489 g/mol. The number of hydrogen-bond acceptors (Lipinski definition) is 6. The molecule has 0 bridgehead atoms. The van der Waals surface area contributed by atoms with Crippen molar-refractivity contribution in [3.8, 4) is 11.5 Å². The Kier molecular flexibility index (Phi) is 8.05. The lowest BCUT2D eigenvalue weighted by molar-refractivity contribution is -0.127. The Morgan fingerprint density at radius 3 is 2.42 bits per heavy atom. The average Bonchev–Trinajstić information content (AvgIpc) is 3.01. The second-order valence-electron chi connectivity index (χ2n) is 7.28. The van der Waals surface area contributed by atoms with Crippen LogP contribution in [0.4, 0.5) is 10.5 Å². The minimum absolute atomic E-state index is 0.197. The first-order valence-corrected chi connectivity index (χ1v) is 11.6. The molecule has 0 saturated carbocycles. The van der Waals surface area contributed by atoms with Gasteiger partial charge in [0.25, 0.3) is 11.1 Å². The Balaban J connectivity index is 1.79. The largest absolute Gasteiger partial charge is 0.490 e. The van der Waals surface area contributed by atoms with E-state index in [1.165, 1.54) is 0 Å². The highest BCUT2D eigenvalue weighted by molar-refractivity contribution is 8.18. The van der Waals surface area contributed by atoms with Gasteiger partial charge in [-0.15, -0.1) is 0 Å². The summed E-state index contributed by atoms with van der Waals surface area (Å²) in [7, 11) is 0. The van der Waals surface area contributed by atoms with E-state index in [0.717, 1.165) is 27.8 Å². The number of carbonyl (C=O) groups excluding carboxylic acids is 3. The monoisotopic (exact) mass is 488 g/mol. The molecule has 0 atom stereocenters. The van der Waals surface area contributed by atoms with E-state index in [0.29, 0.717) is 41.0 Å². The maximum absolute atomic E-state index is 12.9. The van der Waals surface area contributed by atoms with Gasteiger partial charge in [-0.25, -0.2) is 0 Å². The van der Waals surface area contributed by atoms with Gasteiger partial charge in [0.15, 0.2) is 11.5 Å². The maximum Gasteiger partial charge on any atom is 0.294 e. The molecule has 1 aliphatic rings. The third kappa shape index (κ3) is 5.69. The lowest BCUT2D eigenvalue weighted by Gasteiger charge is -2.15. The van der Waals surface area contributed by atoms with E-state index in [9.17, 15) is 14.4 Å². The van der Waals surface area contributed by atoms with Gasteiger partial charge in [0.05, 0.1) is 23.1 Å². The van der Waals surface area contributed by atoms with Crippen LogP contribution in [0.25, 0.3) is 6.08 Å². The van der Waals surface area contributed by atoms with Gasteiger partial charge in [-0.05, 0) is 74.4 Å². The predicted molar refractivity (Wildman–Crippen MR) is 131 cm³/mol. The fourth-order valence-corrected chi connectivity index (χ4v) is 4.45. The second-order valence-corrected chi connectivity index (χ2v) is 8.68. The zero-order valence-electron chi connectivity index (χ0n) is 18.9. The summed E-state index contributed by atoms with van der Waals surface area (Å²) < 4.78 is 11.2. The van der Waals surface area contributed by atoms with E-state index in [1.54, 1.807) is 18.2 Å². The number of aryl methyl sites for hydroxylation is 2. The number of benzene rings is 2. The molecule has 2 aromatic carbocycles. The number of amides is 3. The number of nitrogens with one attached hydrogen (secondary N) is 1. The molecule has 3 rings (SSSR count). The highest BCUT2D eigenvalue weighted by Gasteiger charge is 2.36. The molecule has 1 N–H and O–H groups in total. The van der Waals surface area contributed by atoms with E-state index in [1.807, 2.05) is 45.9 Å². The molecule has 2 aromatic rings. The van der Waals surface area contributed by atoms with Gasteiger partial charge in [-0.2, -0.15) is 0 Å². The highest BCUT2D eigenvalue weighted by atomic mass is 35.5. The third-order valence-corrected chi connectivity index (χ3v) is 6.03. The molecule has 1 saturated heterocycles. The number of halogens is 1. The van der Waals surface area contributed by atoms with Gasteiger partial charge >= 0.3 is 0 Å². The van der Waals surface area contributed by atoms with Crippen LogP contribution in [0.1, 0.15) is 30.5 Å². The van der Waals surface area contributed by atoms with Gasteiger partial charge < -0.3 is 14.8 Å². The van der Waals surface area contributed by atoms with Crippen LogP contribution >= 0.6 is 23.4 Å². The number of carbonyl (C=O) groups is 3. The predicted octanol–water partition coefficient (Wildman–Crippen LogP) is 5.43. The molecule has 1 aliphatic heterocycles. The van der Waals surface area contributed by atoms with E-state index < -0.39 is 17.1 Å². The minimum Gasteiger partial charge on any atom is -0.490 e. The van der Waals surface area contributed by atoms with Crippen molar-refractivity contribution in [1.82, 2.24) is 4.90 Å². The van der Waals surface area contributed by atoms with Crippen molar-refractivity contribution in [1.29, 1.82) is 0 Å². The fourth-order valence-electron chi connectivity index (χ4n) is 3.34. The Labute approximate surface area is 202 Å². The van der Waals surface area contributed by atoms with E-state index in [2.05, 4.69) is 5.32 Å². The Morgan fingerprint density at radius 2 is 1.79 bits per heavy atom. The molecule has 0 spiro atoms. The Bertz CT molecular complexity index is 1110. The molecule has 0 aromatic heterocycles. The SMILES string of the molecule is CCOc1cc(/C=C2/SC(=O)N(CC(=O)Nc3c(C)cccc3C)C2=O)cc(Cl)c1OCC. The summed E-state index contributed by atoms with van der Waals surface area (Å²) >= 11 is 7.12. The van der Waals surface area contributed by atoms with Crippen LogP contribution in [0.2, 0.25) is 5.02 Å². The van der Waals surface area contributed by atoms with Gasteiger partial charge in [0.2, 0.25) is 5.91 Å². The summed E-state index contributed by atoms with van der Waals surface area (Å²) in [6, 6.07) is 8.98. The van der Waals surface area contributed by atoms with Crippen LogP contribution in [0, 0.1) is 13.8 Å². The van der Waals surface area contributed by atoms with Crippen molar-refractivity contribution >= 4 is 52.2 Å². The summed E-state index contributed by atoms with van der Waals surface area (Å²) in [5.41, 5.74) is 3.06. The topological polar surface area (TPSA) is 84.9 Å². The molecular formula is C24H25ClN2O5S. The van der Waals surface area contributed by atoms with Crippen molar-refractivity contribution in [2.75, 3.05) is 25.1 Å². The summed E-state index contributed by atoms with van der Waals surface area (Å²) in [4.78, 5) is 39.0. The van der Waals surface area contributed by atoms with Crippen molar-refractivity contribution in [2.24, 2.45) is 0 Å². The number of anilines is 1.